The number of nitrogens with zero attached hydrogens (tertiary/aromatic N) is 5. The predicted molar refractivity (Wildman–Crippen MR) is 129 cm³/mol. The number of carbonyl (C=O) groups is 1. The number of benzene rings is 1. The van der Waals surface area contributed by atoms with E-state index in [1.165, 1.54) is 42.5 Å². The van der Waals surface area contributed by atoms with Gasteiger partial charge in [0.1, 0.15) is 17.6 Å². The second kappa shape index (κ2) is 9.45. The Balaban J connectivity index is 1.71. The zero-order valence-corrected chi connectivity index (χ0v) is 20.6. The van der Waals surface area contributed by atoms with Crippen LogP contribution in [0.3, 0.4) is 0 Å². The molecule has 0 spiro atoms. The van der Waals surface area contributed by atoms with Crippen LogP contribution in [0.1, 0.15) is 55.0 Å². The number of hydrogen-bond acceptors (Lipinski definition) is 7. The zero-order chi connectivity index (χ0) is 25.6. The van der Waals surface area contributed by atoms with E-state index in [4.69, 9.17) is 16.6 Å². The van der Waals surface area contributed by atoms with E-state index in [9.17, 15) is 23.1 Å². The molecule has 0 unspecified atom stereocenters. The van der Waals surface area contributed by atoms with Gasteiger partial charge in [-0.1, -0.05) is 17.7 Å². The average Bonchev–Trinajstić information content (AvgIpc) is 3.57. The molecule has 0 amide bonds. The lowest BCUT2D eigenvalue weighted by Gasteiger charge is -2.32. The van der Waals surface area contributed by atoms with Gasteiger partial charge in [0.15, 0.2) is 10.8 Å². The van der Waals surface area contributed by atoms with Crippen LogP contribution >= 0.6 is 22.9 Å². The summed E-state index contributed by atoms with van der Waals surface area (Å²) in [6.45, 7) is -1.25. The van der Waals surface area contributed by atoms with Crippen molar-refractivity contribution >= 4 is 40.1 Å². The molecule has 0 aliphatic carbocycles. The van der Waals surface area contributed by atoms with Gasteiger partial charge in [-0.25, -0.2) is 14.1 Å². The van der Waals surface area contributed by atoms with Crippen LogP contribution in [0.25, 0.3) is 5.57 Å². The first-order valence-electron chi connectivity index (χ1n) is 11.1. The number of halogens is 4. The molecule has 1 fully saturated rings. The van der Waals surface area contributed by atoms with E-state index in [1.54, 1.807) is 11.6 Å². The molecule has 4 heterocycles. The monoisotopic (exact) mass is 535 g/mol. The molecule has 188 valence electrons. The van der Waals surface area contributed by atoms with Crippen LogP contribution in [0.2, 0.25) is 5.02 Å². The molecule has 5 rings (SSSR count). The molecule has 2 aliphatic heterocycles. The van der Waals surface area contributed by atoms with Gasteiger partial charge in [0, 0.05) is 52.5 Å². The Morgan fingerprint density at radius 3 is 2.81 bits per heavy atom. The lowest BCUT2D eigenvalue weighted by atomic mass is 9.89. The van der Waals surface area contributed by atoms with E-state index in [0.29, 0.717) is 32.4 Å². The van der Waals surface area contributed by atoms with Crippen LogP contribution in [0.4, 0.5) is 13.2 Å². The highest BCUT2D eigenvalue weighted by atomic mass is 35.5. The standard InChI is InChI=1S/C24H21ClF3N5O2S/c1-13(34)4-6-24(35)11-18-19(17-5-8-33(31-17)23(27)28)20(15-3-2-14(26)10-16(15)25)30-21(32(18)12-24)22-29-7-9-36-22/h2-3,5,7-10,20,23,35H,4,6,11-12H2,1H3/t20-,24+/m0/s1. The third-order valence-electron chi connectivity index (χ3n) is 6.27. The van der Waals surface area contributed by atoms with Crippen molar-refractivity contribution in [3.63, 3.8) is 0 Å². The van der Waals surface area contributed by atoms with Gasteiger partial charge in [0.2, 0.25) is 0 Å². The number of ketones is 1. The summed E-state index contributed by atoms with van der Waals surface area (Å²) in [6.07, 6.45) is 3.33. The highest BCUT2D eigenvalue weighted by Gasteiger charge is 2.47. The maximum absolute atomic E-state index is 13.9. The number of carbonyl (C=O) groups excluding carboxylic acids is 1. The summed E-state index contributed by atoms with van der Waals surface area (Å²) < 4.78 is 41.2. The number of fused-ring (bicyclic) bond motifs is 1. The van der Waals surface area contributed by atoms with Crippen molar-refractivity contribution in [2.45, 2.75) is 44.4 Å². The molecule has 1 aromatic carbocycles. The normalized spacial score (nSPS) is 21.8. The van der Waals surface area contributed by atoms with Gasteiger partial charge >= 0.3 is 6.55 Å². The largest absolute Gasteiger partial charge is 0.388 e. The Bertz CT molecular complexity index is 1370. The van der Waals surface area contributed by atoms with E-state index in [-0.39, 0.29) is 42.3 Å². The summed E-state index contributed by atoms with van der Waals surface area (Å²) in [5.74, 6) is -0.106. The first-order valence-corrected chi connectivity index (χ1v) is 12.4. The van der Waals surface area contributed by atoms with Gasteiger partial charge in [-0.15, -0.1) is 11.3 Å². The molecule has 36 heavy (non-hydrogen) atoms. The second-order valence-electron chi connectivity index (χ2n) is 8.87. The summed E-state index contributed by atoms with van der Waals surface area (Å²) in [7, 11) is 0. The first kappa shape index (κ1) is 24.7. The maximum Gasteiger partial charge on any atom is 0.333 e. The van der Waals surface area contributed by atoms with E-state index in [2.05, 4.69) is 10.1 Å². The van der Waals surface area contributed by atoms with Gasteiger partial charge < -0.3 is 14.8 Å². The minimum absolute atomic E-state index is 0.0528. The van der Waals surface area contributed by atoms with Crippen molar-refractivity contribution in [1.29, 1.82) is 0 Å². The summed E-state index contributed by atoms with van der Waals surface area (Å²) >= 11 is 7.79. The molecular weight excluding hydrogens is 515 g/mol. The number of hydrogen-bond donors (Lipinski definition) is 1. The molecule has 1 saturated heterocycles. The van der Waals surface area contributed by atoms with Crippen LogP contribution in [0.15, 0.2) is 52.7 Å². The summed E-state index contributed by atoms with van der Waals surface area (Å²) in [4.78, 5) is 22.8. The highest BCUT2D eigenvalue weighted by Crippen LogP contribution is 2.48. The Kier molecular flexibility index (Phi) is 6.48. The second-order valence-corrected chi connectivity index (χ2v) is 10.2. The van der Waals surface area contributed by atoms with Crippen molar-refractivity contribution in [2.24, 2.45) is 4.99 Å². The van der Waals surface area contributed by atoms with Crippen molar-refractivity contribution in [2.75, 3.05) is 6.54 Å². The Labute approximate surface area is 213 Å². The van der Waals surface area contributed by atoms with Crippen LogP contribution < -0.4 is 0 Å². The molecule has 12 heteroatoms. The first-order chi connectivity index (χ1) is 17.1. The zero-order valence-electron chi connectivity index (χ0n) is 19.0. The lowest BCUT2D eigenvalue weighted by Crippen LogP contribution is -2.38. The fourth-order valence-electron chi connectivity index (χ4n) is 4.62. The molecule has 0 saturated carbocycles. The minimum Gasteiger partial charge on any atom is -0.388 e. The van der Waals surface area contributed by atoms with Crippen LogP contribution in [-0.4, -0.2) is 48.5 Å². The SMILES string of the molecule is CC(=O)CC[C@@]1(O)CC2=C(c3ccn(C(F)F)n3)[C@H](c3ccc(F)cc3Cl)N=C(c3nccs3)N2C1. The molecule has 2 aliphatic rings. The summed E-state index contributed by atoms with van der Waals surface area (Å²) in [6, 6.07) is 4.56. The minimum atomic E-state index is -2.85. The van der Waals surface area contributed by atoms with Crippen LogP contribution in [-0.2, 0) is 4.79 Å². The molecule has 1 N–H and O–H groups in total. The number of Topliss-reactive ketones (excluding diaryl/α,β-unsaturated/α-hetero) is 1. The highest BCUT2D eigenvalue weighted by molar-refractivity contribution is 7.11. The predicted octanol–water partition coefficient (Wildman–Crippen LogP) is 5.25. The van der Waals surface area contributed by atoms with Crippen molar-refractivity contribution < 1.29 is 23.1 Å². The number of thiazole rings is 1. The van der Waals surface area contributed by atoms with E-state index in [1.807, 2.05) is 4.90 Å². The number of rotatable bonds is 7. The number of aliphatic hydroxyl groups is 1. The molecule has 7 nitrogen and oxygen atoms in total. The third-order valence-corrected chi connectivity index (χ3v) is 7.37. The lowest BCUT2D eigenvalue weighted by molar-refractivity contribution is -0.118. The van der Waals surface area contributed by atoms with Gasteiger partial charge in [0.05, 0.1) is 17.8 Å². The van der Waals surface area contributed by atoms with Gasteiger partial charge in [-0.2, -0.15) is 13.9 Å². The fraction of sp³-hybridized carbons (Fsp3) is 0.333. The summed E-state index contributed by atoms with van der Waals surface area (Å²) in [5, 5.41) is 18.0. The Morgan fingerprint density at radius 2 is 2.17 bits per heavy atom. The van der Waals surface area contributed by atoms with Crippen LogP contribution in [0.5, 0.6) is 0 Å². The van der Waals surface area contributed by atoms with Crippen molar-refractivity contribution in [3.8, 4) is 0 Å². The number of aromatic nitrogens is 3. The molecule has 3 aromatic rings. The van der Waals surface area contributed by atoms with E-state index >= 15 is 0 Å². The molecule has 0 radical (unpaired) electrons. The fourth-order valence-corrected chi connectivity index (χ4v) is 5.53. The number of amidine groups is 1. The summed E-state index contributed by atoms with van der Waals surface area (Å²) in [5.41, 5.74) is 0.517. The van der Waals surface area contributed by atoms with Crippen molar-refractivity contribution in [1.82, 2.24) is 19.7 Å². The number of aliphatic imine (C=N–C) groups is 1. The van der Waals surface area contributed by atoms with Gasteiger partial charge in [-0.3, -0.25) is 4.99 Å². The molecular formula is C24H21ClF3N5O2S. The quantitative estimate of drug-likeness (QED) is 0.447. The maximum atomic E-state index is 13.9. The molecule has 2 aromatic heterocycles. The van der Waals surface area contributed by atoms with E-state index in [0.717, 1.165) is 6.20 Å². The molecule has 0 bridgehead atoms. The van der Waals surface area contributed by atoms with Gasteiger partial charge in [0.25, 0.3) is 0 Å². The van der Waals surface area contributed by atoms with E-state index < -0.39 is 24.0 Å². The van der Waals surface area contributed by atoms with Crippen molar-refractivity contribution in [3.05, 3.63) is 74.8 Å². The molecule has 2 atom stereocenters. The Hall–Kier alpha value is -3.02. The van der Waals surface area contributed by atoms with Gasteiger partial charge in [-0.05, 0) is 31.5 Å². The average molecular weight is 536 g/mol. The smallest absolute Gasteiger partial charge is 0.333 e. The third kappa shape index (κ3) is 4.58. The Morgan fingerprint density at radius 1 is 1.36 bits per heavy atom. The number of alkyl halides is 2. The topological polar surface area (TPSA) is 83.6 Å². The van der Waals surface area contributed by atoms with Crippen LogP contribution in [0, 0.1) is 5.82 Å².